The summed E-state index contributed by atoms with van der Waals surface area (Å²) in [4.78, 5) is 11.5. The molecule has 3 nitrogen and oxygen atoms in total. The van der Waals surface area contributed by atoms with Crippen molar-refractivity contribution in [2.24, 2.45) is 0 Å². The van der Waals surface area contributed by atoms with E-state index in [1.807, 2.05) is 20.8 Å². The first kappa shape index (κ1) is 14.6. The van der Waals surface area contributed by atoms with E-state index < -0.39 is 11.6 Å². The number of benzene rings is 1. The maximum absolute atomic E-state index is 13.3. The van der Waals surface area contributed by atoms with Crippen molar-refractivity contribution in [3.63, 3.8) is 0 Å². The Morgan fingerprint density at radius 2 is 1.94 bits per heavy atom. The average Bonchev–Trinajstić information content (AvgIpc) is 2.23. The number of rotatable bonds is 4. The number of hydrogen-bond donors (Lipinski definition) is 2. The fourth-order valence-electron chi connectivity index (χ4n) is 1.36. The third-order valence-electron chi connectivity index (χ3n) is 2.23. The van der Waals surface area contributed by atoms with E-state index in [0.717, 1.165) is 6.07 Å². The molecular formula is C13H18F2N2O. The Balaban J connectivity index is 2.48. The average molecular weight is 256 g/mol. The quantitative estimate of drug-likeness (QED) is 0.869. The summed E-state index contributed by atoms with van der Waals surface area (Å²) in [6, 6.07) is 3.68. The lowest BCUT2D eigenvalue weighted by atomic mass is 10.1. The number of halogens is 2. The molecule has 0 bridgehead atoms. The molecule has 0 spiro atoms. The Kier molecular flexibility index (Phi) is 4.78. The molecule has 0 radical (unpaired) electrons. The highest BCUT2D eigenvalue weighted by atomic mass is 19.2. The van der Waals surface area contributed by atoms with Gasteiger partial charge in [-0.15, -0.1) is 0 Å². The molecule has 1 aromatic carbocycles. The van der Waals surface area contributed by atoms with Crippen LogP contribution in [0.25, 0.3) is 0 Å². The van der Waals surface area contributed by atoms with Gasteiger partial charge in [0.15, 0.2) is 11.6 Å². The van der Waals surface area contributed by atoms with E-state index in [1.54, 1.807) is 0 Å². The molecule has 0 saturated carbocycles. The van der Waals surface area contributed by atoms with Crippen LogP contribution in [0.2, 0.25) is 0 Å². The number of nitrogens with one attached hydrogen (secondary N) is 2. The number of carbonyl (C=O) groups excluding carboxylic acids is 1. The van der Waals surface area contributed by atoms with Crippen molar-refractivity contribution >= 4 is 11.6 Å². The Morgan fingerprint density at radius 3 is 2.56 bits per heavy atom. The van der Waals surface area contributed by atoms with E-state index in [-0.39, 0.29) is 23.6 Å². The molecule has 0 aromatic heterocycles. The van der Waals surface area contributed by atoms with Gasteiger partial charge in [-0.1, -0.05) is 6.07 Å². The molecule has 0 aliphatic carbocycles. The summed E-state index contributed by atoms with van der Waals surface area (Å²) in [6.45, 7) is 6.43. The van der Waals surface area contributed by atoms with Gasteiger partial charge in [-0.2, -0.15) is 0 Å². The van der Waals surface area contributed by atoms with Crippen molar-refractivity contribution in [2.75, 3.05) is 11.9 Å². The van der Waals surface area contributed by atoms with Gasteiger partial charge in [0.05, 0.1) is 5.69 Å². The van der Waals surface area contributed by atoms with Crippen LogP contribution < -0.4 is 10.6 Å². The summed E-state index contributed by atoms with van der Waals surface area (Å²) >= 11 is 0. The minimum atomic E-state index is -1.03. The topological polar surface area (TPSA) is 41.1 Å². The zero-order chi connectivity index (χ0) is 13.8. The van der Waals surface area contributed by atoms with Gasteiger partial charge < -0.3 is 10.6 Å². The first-order valence-corrected chi connectivity index (χ1v) is 5.78. The molecule has 5 heteroatoms. The van der Waals surface area contributed by atoms with Crippen LogP contribution in [0, 0.1) is 11.6 Å². The third kappa shape index (κ3) is 4.79. The second kappa shape index (κ2) is 5.91. The molecule has 0 aliphatic rings. The zero-order valence-corrected chi connectivity index (χ0v) is 10.8. The van der Waals surface area contributed by atoms with Gasteiger partial charge in [0.2, 0.25) is 5.91 Å². The summed E-state index contributed by atoms with van der Waals surface area (Å²) in [6.07, 6.45) is 0.202. The molecular weight excluding hydrogens is 238 g/mol. The number of carbonyl (C=O) groups is 1. The number of anilines is 1. The lowest BCUT2D eigenvalue weighted by Gasteiger charge is -2.20. The minimum absolute atomic E-state index is 0.0790. The van der Waals surface area contributed by atoms with E-state index >= 15 is 0 Å². The van der Waals surface area contributed by atoms with Gasteiger partial charge in [-0.05, 0) is 32.9 Å². The highest BCUT2D eigenvalue weighted by Gasteiger charge is 2.12. The Labute approximate surface area is 106 Å². The molecule has 0 aliphatic heterocycles. The molecule has 18 heavy (non-hydrogen) atoms. The van der Waals surface area contributed by atoms with Gasteiger partial charge in [0.25, 0.3) is 0 Å². The smallest absolute Gasteiger partial charge is 0.225 e. The number of amides is 1. The van der Waals surface area contributed by atoms with Crippen molar-refractivity contribution in [1.82, 2.24) is 5.32 Å². The maximum atomic E-state index is 13.3. The summed E-state index contributed by atoms with van der Waals surface area (Å²) in [5, 5.41) is 5.48. The van der Waals surface area contributed by atoms with Crippen molar-refractivity contribution in [1.29, 1.82) is 0 Å². The van der Waals surface area contributed by atoms with E-state index in [0.29, 0.717) is 6.54 Å². The van der Waals surface area contributed by atoms with Crippen LogP contribution in [-0.2, 0) is 4.79 Å². The minimum Gasteiger partial charge on any atom is -0.323 e. The summed E-state index contributed by atoms with van der Waals surface area (Å²) in [5.41, 5.74) is -0.208. The second-order valence-electron chi connectivity index (χ2n) is 5.08. The second-order valence-corrected chi connectivity index (χ2v) is 5.08. The molecule has 1 aromatic rings. The molecule has 0 saturated heterocycles. The fourth-order valence-corrected chi connectivity index (χ4v) is 1.36. The van der Waals surface area contributed by atoms with Crippen LogP contribution >= 0.6 is 0 Å². The van der Waals surface area contributed by atoms with Gasteiger partial charge in [-0.25, -0.2) is 8.78 Å². The van der Waals surface area contributed by atoms with Crippen LogP contribution in [0.3, 0.4) is 0 Å². The van der Waals surface area contributed by atoms with Crippen molar-refractivity contribution in [2.45, 2.75) is 32.7 Å². The lowest BCUT2D eigenvalue weighted by Crippen LogP contribution is -2.37. The largest absolute Gasteiger partial charge is 0.323 e. The SMILES string of the molecule is CC(C)(C)NCCC(=O)Nc1cccc(F)c1F. The molecule has 100 valence electrons. The third-order valence-corrected chi connectivity index (χ3v) is 2.23. The first-order valence-electron chi connectivity index (χ1n) is 5.78. The Hall–Kier alpha value is -1.49. The van der Waals surface area contributed by atoms with Crippen LogP contribution in [0.4, 0.5) is 14.5 Å². The van der Waals surface area contributed by atoms with Crippen LogP contribution in [0.5, 0.6) is 0 Å². The molecule has 1 amide bonds. The van der Waals surface area contributed by atoms with Gasteiger partial charge >= 0.3 is 0 Å². The standard InChI is InChI=1S/C13H18F2N2O/c1-13(2,3)16-8-7-11(18)17-10-6-4-5-9(14)12(10)15/h4-6,16H,7-8H2,1-3H3,(H,17,18). The van der Waals surface area contributed by atoms with E-state index in [1.165, 1.54) is 12.1 Å². The van der Waals surface area contributed by atoms with E-state index in [4.69, 9.17) is 0 Å². The molecule has 1 rings (SSSR count). The normalized spacial score (nSPS) is 11.4. The predicted octanol–water partition coefficient (Wildman–Crippen LogP) is 2.68. The van der Waals surface area contributed by atoms with Crippen LogP contribution in [0.15, 0.2) is 18.2 Å². The van der Waals surface area contributed by atoms with E-state index in [9.17, 15) is 13.6 Å². The molecule has 0 unspecified atom stereocenters. The summed E-state index contributed by atoms with van der Waals surface area (Å²) in [5.74, 6) is -2.36. The molecule has 2 N–H and O–H groups in total. The predicted molar refractivity (Wildman–Crippen MR) is 67.4 cm³/mol. The van der Waals surface area contributed by atoms with Crippen molar-refractivity contribution in [3.8, 4) is 0 Å². The monoisotopic (exact) mass is 256 g/mol. The molecule has 0 atom stereocenters. The highest BCUT2D eigenvalue weighted by molar-refractivity contribution is 5.90. The van der Waals surface area contributed by atoms with Crippen molar-refractivity contribution in [3.05, 3.63) is 29.8 Å². The van der Waals surface area contributed by atoms with Gasteiger partial charge in [-0.3, -0.25) is 4.79 Å². The summed E-state index contributed by atoms with van der Waals surface area (Å²) < 4.78 is 26.2. The van der Waals surface area contributed by atoms with E-state index in [2.05, 4.69) is 10.6 Å². The Bertz CT molecular complexity index is 427. The fraction of sp³-hybridized carbons (Fsp3) is 0.462. The van der Waals surface area contributed by atoms with Crippen molar-refractivity contribution < 1.29 is 13.6 Å². The molecule has 0 fully saturated rings. The van der Waals surface area contributed by atoms with Crippen LogP contribution in [-0.4, -0.2) is 18.0 Å². The zero-order valence-electron chi connectivity index (χ0n) is 10.8. The van der Waals surface area contributed by atoms with Gasteiger partial charge in [0.1, 0.15) is 0 Å². The summed E-state index contributed by atoms with van der Waals surface area (Å²) in [7, 11) is 0. The molecule has 0 heterocycles. The first-order chi connectivity index (χ1) is 8.29. The number of hydrogen-bond acceptors (Lipinski definition) is 2. The van der Waals surface area contributed by atoms with Crippen LogP contribution in [0.1, 0.15) is 27.2 Å². The Morgan fingerprint density at radius 1 is 1.28 bits per heavy atom. The highest BCUT2D eigenvalue weighted by Crippen LogP contribution is 2.16. The van der Waals surface area contributed by atoms with Gasteiger partial charge in [0, 0.05) is 18.5 Å². The lowest BCUT2D eigenvalue weighted by molar-refractivity contribution is -0.116. The maximum Gasteiger partial charge on any atom is 0.225 e.